The Kier molecular flexibility index (Phi) is 6.67. The van der Waals surface area contributed by atoms with Gasteiger partial charge in [-0.25, -0.2) is 9.78 Å². The van der Waals surface area contributed by atoms with Gasteiger partial charge in [-0.05, 0) is 0 Å². The van der Waals surface area contributed by atoms with Crippen LogP contribution in [0.4, 0.5) is 4.79 Å². The van der Waals surface area contributed by atoms with Crippen LogP contribution in [0.3, 0.4) is 0 Å². The van der Waals surface area contributed by atoms with Gasteiger partial charge in [0.2, 0.25) is 0 Å². The molecule has 1 aliphatic rings. The number of imidazole rings is 1. The minimum Gasteiger partial charge on any atom is -0.383 e. The molecule has 7 nitrogen and oxygen atoms in total. The molecule has 1 fully saturated rings. The van der Waals surface area contributed by atoms with Crippen molar-refractivity contribution in [1.82, 2.24) is 24.7 Å². The van der Waals surface area contributed by atoms with Crippen molar-refractivity contribution < 1.29 is 9.53 Å². The highest BCUT2D eigenvalue weighted by Gasteiger charge is 2.20. The third-order valence-corrected chi connectivity index (χ3v) is 4.02. The van der Waals surface area contributed by atoms with E-state index in [0.29, 0.717) is 13.2 Å². The van der Waals surface area contributed by atoms with E-state index >= 15 is 0 Å². The second kappa shape index (κ2) is 8.75. The van der Waals surface area contributed by atoms with Crippen molar-refractivity contribution >= 4 is 6.03 Å². The van der Waals surface area contributed by atoms with Gasteiger partial charge in [0, 0.05) is 71.7 Å². The number of nitrogens with one attached hydrogen (secondary N) is 1. The van der Waals surface area contributed by atoms with Crippen LogP contribution in [0.1, 0.15) is 12.7 Å². The maximum absolute atomic E-state index is 11.9. The summed E-state index contributed by atoms with van der Waals surface area (Å²) in [5.41, 5.74) is 0. The van der Waals surface area contributed by atoms with Crippen LogP contribution in [-0.4, -0.2) is 78.4 Å². The van der Waals surface area contributed by atoms with Crippen LogP contribution in [0.25, 0.3) is 0 Å². The molecule has 0 aliphatic carbocycles. The number of ether oxygens (including phenoxy) is 1. The summed E-state index contributed by atoms with van der Waals surface area (Å²) in [6.45, 7) is 8.62. The van der Waals surface area contributed by atoms with Crippen molar-refractivity contribution in [3.8, 4) is 0 Å². The number of piperazine rings is 1. The van der Waals surface area contributed by atoms with Gasteiger partial charge in [0.1, 0.15) is 5.82 Å². The van der Waals surface area contributed by atoms with Gasteiger partial charge in [0.05, 0.1) is 6.61 Å². The van der Waals surface area contributed by atoms with Crippen molar-refractivity contribution in [2.24, 2.45) is 0 Å². The normalized spacial score (nSPS) is 16.0. The van der Waals surface area contributed by atoms with Crippen LogP contribution in [0, 0.1) is 0 Å². The molecule has 0 bridgehead atoms. The summed E-state index contributed by atoms with van der Waals surface area (Å²) in [4.78, 5) is 20.6. The summed E-state index contributed by atoms with van der Waals surface area (Å²) in [7, 11) is 1.63. The largest absolute Gasteiger partial charge is 0.383 e. The molecule has 7 heteroatoms. The number of rotatable bonds is 7. The van der Waals surface area contributed by atoms with E-state index in [1.807, 2.05) is 17.3 Å². The Balaban J connectivity index is 1.67. The maximum Gasteiger partial charge on any atom is 0.317 e. The molecule has 1 N–H and O–H groups in total. The minimum absolute atomic E-state index is 0.0135. The Labute approximate surface area is 132 Å². The summed E-state index contributed by atoms with van der Waals surface area (Å²) >= 11 is 0. The predicted molar refractivity (Wildman–Crippen MR) is 84.9 cm³/mol. The molecule has 1 saturated heterocycles. The smallest absolute Gasteiger partial charge is 0.317 e. The lowest BCUT2D eigenvalue weighted by atomic mass is 10.3. The van der Waals surface area contributed by atoms with Crippen molar-refractivity contribution in [2.75, 3.05) is 53.0 Å². The zero-order valence-corrected chi connectivity index (χ0v) is 13.6. The molecule has 2 heterocycles. The maximum atomic E-state index is 11.9. The first-order valence-corrected chi connectivity index (χ1v) is 7.98. The van der Waals surface area contributed by atoms with Crippen molar-refractivity contribution in [2.45, 2.75) is 19.9 Å². The van der Waals surface area contributed by atoms with Crippen LogP contribution >= 0.6 is 0 Å². The zero-order valence-electron chi connectivity index (χ0n) is 13.6. The molecule has 0 spiro atoms. The summed E-state index contributed by atoms with van der Waals surface area (Å²) in [5.74, 6) is 1.14. The van der Waals surface area contributed by atoms with E-state index < -0.39 is 0 Å². The van der Waals surface area contributed by atoms with Gasteiger partial charge in [-0.1, -0.05) is 6.92 Å². The van der Waals surface area contributed by atoms with Gasteiger partial charge >= 0.3 is 6.03 Å². The highest BCUT2D eigenvalue weighted by molar-refractivity contribution is 5.74. The van der Waals surface area contributed by atoms with E-state index in [1.165, 1.54) is 0 Å². The second-order valence-electron chi connectivity index (χ2n) is 5.44. The number of methoxy groups -OCH3 is 1. The molecule has 0 saturated carbocycles. The summed E-state index contributed by atoms with van der Waals surface area (Å²) < 4.78 is 7.15. The Bertz CT molecular complexity index is 455. The monoisotopic (exact) mass is 309 g/mol. The molecular formula is C15H27N5O2. The van der Waals surface area contributed by atoms with Crippen LogP contribution < -0.4 is 5.32 Å². The fourth-order valence-corrected chi connectivity index (χ4v) is 2.65. The summed E-state index contributed by atoms with van der Waals surface area (Å²) in [5, 5.41) is 2.87. The molecule has 22 heavy (non-hydrogen) atoms. The van der Waals surface area contributed by atoms with E-state index in [1.54, 1.807) is 7.11 Å². The third-order valence-electron chi connectivity index (χ3n) is 4.02. The third kappa shape index (κ3) is 4.71. The minimum atomic E-state index is 0.0135. The summed E-state index contributed by atoms with van der Waals surface area (Å²) in [6, 6.07) is 0.0135. The SMILES string of the molecule is CCc1nccn1CCN1CCN(C(=O)NCCOC)CC1. The fraction of sp³-hybridized carbons (Fsp3) is 0.733. The van der Waals surface area contributed by atoms with Crippen LogP contribution in [-0.2, 0) is 17.7 Å². The molecule has 2 amide bonds. The number of hydrogen-bond donors (Lipinski definition) is 1. The highest BCUT2D eigenvalue weighted by atomic mass is 16.5. The molecule has 1 aliphatic heterocycles. The standard InChI is InChI=1S/C15H27N5O2/c1-3-14-16-4-6-19(14)10-7-18-8-11-20(12-9-18)15(21)17-5-13-22-2/h4,6H,3,5,7-13H2,1-2H3,(H,17,21). The molecule has 0 unspecified atom stereocenters. The highest BCUT2D eigenvalue weighted by Crippen LogP contribution is 2.04. The average Bonchev–Trinajstić information content (AvgIpc) is 3.01. The number of nitrogens with zero attached hydrogens (tertiary/aromatic N) is 4. The van der Waals surface area contributed by atoms with E-state index in [4.69, 9.17) is 4.74 Å². The van der Waals surface area contributed by atoms with Crippen molar-refractivity contribution in [1.29, 1.82) is 0 Å². The van der Waals surface area contributed by atoms with Crippen molar-refractivity contribution in [3.05, 3.63) is 18.2 Å². The van der Waals surface area contributed by atoms with Gasteiger partial charge in [-0.3, -0.25) is 4.90 Å². The Hall–Kier alpha value is -1.60. The molecule has 0 aromatic carbocycles. The van der Waals surface area contributed by atoms with E-state index in [-0.39, 0.29) is 6.03 Å². The zero-order chi connectivity index (χ0) is 15.8. The Morgan fingerprint density at radius 3 is 2.77 bits per heavy atom. The molecule has 0 atom stereocenters. The lowest BCUT2D eigenvalue weighted by Crippen LogP contribution is -2.52. The topological polar surface area (TPSA) is 62.6 Å². The molecule has 1 aromatic heterocycles. The number of aryl methyl sites for hydroxylation is 1. The Morgan fingerprint density at radius 1 is 1.32 bits per heavy atom. The molecular weight excluding hydrogens is 282 g/mol. The van der Waals surface area contributed by atoms with Gasteiger partial charge < -0.3 is 19.5 Å². The number of urea groups is 1. The molecule has 124 valence electrons. The number of hydrogen-bond acceptors (Lipinski definition) is 4. The Morgan fingerprint density at radius 2 is 2.09 bits per heavy atom. The lowest BCUT2D eigenvalue weighted by molar-refractivity contribution is 0.133. The van der Waals surface area contributed by atoms with E-state index in [9.17, 15) is 4.79 Å². The lowest BCUT2D eigenvalue weighted by Gasteiger charge is -2.34. The molecule has 1 aromatic rings. The quantitative estimate of drug-likeness (QED) is 0.742. The van der Waals surface area contributed by atoms with E-state index in [2.05, 4.69) is 26.7 Å². The first-order chi connectivity index (χ1) is 10.7. The first kappa shape index (κ1) is 16.8. The molecule has 0 radical (unpaired) electrons. The van der Waals surface area contributed by atoms with Gasteiger partial charge in [0.25, 0.3) is 0 Å². The number of amides is 2. The van der Waals surface area contributed by atoms with Crippen LogP contribution in [0.5, 0.6) is 0 Å². The van der Waals surface area contributed by atoms with Crippen LogP contribution in [0.15, 0.2) is 12.4 Å². The van der Waals surface area contributed by atoms with Gasteiger partial charge in [0.15, 0.2) is 0 Å². The number of aromatic nitrogens is 2. The number of carbonyl (C=O) groups excluding carboxylic acids is 1. The van der Waals surface area contributed by atoms with Crippen molar-refractivity contribution in [3.63, 3.8) is 0 Å². The van der Waals surface area contributed by atoms with Crippen LogP contribution in [0.2, 0.25) is 0 Å². The first-order valence-electron chi connectivity index (χ1n) is 7.98. The summed E-state index contributed by atoms with van der Waals surface area (Å²) in [6.07, 6.45) is 4.86. The van der Waals surface area contributed by atoms with Gasteiger partial charge in [-0.15, -0.1) is 0 Å². The molecule has 2 rings (SSSR count). The second-order valence-corrected chi connectivity index (χ2v) is 5.44. The van der Waals surface area contributed by atoms with Gasteiger partial charge in [-0.2, -0.15) is 0 Å². The van der Waals surface area contributed by atoms with E-state index in [0.717, 1.165) is 51.5 Å². The fourth-order valence-electron chi connectivity index (χ4n) is 2.65. The number of carbonyl (C=O) groups is 1. The predicted octanol–water partition coefficient (Wildman–Crippen LogP) is 0.419. The average molecular weight is 309 g/mol.